The maximum atomic E-state index is 9.50. The van der Waals surface area contributed by atoms with Crippen LogP contribution in [0.4, 0.5) is 0 Å². The van der Waals surface area contributed by atoms with E-state index in [0.29, 0.717) is 6.29 Å². The molecule has 32 valence electrons. The molecular weight excluding hydrogens is 76.1 g/mol. The van der Waals surface area contributed by atoms with Crippen LogP contribution < -0.4 is 0 Å². The fraction of sp³-hybridized carbons (Fsp3) is 0. The standard InChI is InChI=1S/C5H6O/c1-2-3-4-5-6/h2-5H,1H2/b4-3-/i1D/b2-1+,4-3-. The van der Waals surface area contributed by atoms with Crippen molar-refractivity contribution >= 4 is 6.29 Å². The van der Waals surface area contributed by atoms with Crippen molar-refractivity contribution in [2.45, 2.75) is 0 Å². The van der Waals surface area contributed by atoms with Gasteiger partial charge in [0.15, 0.2) is 0 Å². The molecule has 0 saturated heterocycles. The van der Waals surface area contributed by atoms with Gasteiger partial charge in [0, 0.05) is 0 Å². The normalized spacial score (nSPS) is 13.0. The van der Waals surface area contributed by atoms with E-state index in [1.807, 2.05) is 0 Å². The molecule has 0 aliphatic rings. The first kappa shape index (κ1) is 3.34. The maximum Gasteiger partial charge on any atom is 0.142 e. The van der Waals surface area contributed by atoms with Gasteiger partial charge in [-0.3, -0.25) is 4.79 Å². The lowest BCUT2D eigenvalue weighted by atomic mass is 10.5. The largest absolute Gasteiger partial charge is 0.299 e. The monoisotopic (exact) mass is 83.0 g/mol. The van der Waals surface area contributed by atoms with Crippen LogP contribution in [0.2, 0.25) is 0 Å². The summed E-state index contributed by atoms with van der Waals surface area (Å²) in [7, 11) is 0. The summed E-state index contributed by atoms with van der Waals surface area (Å²) >= 11 is 0. The van der Waals surface area contributed by atoms with E-state index in [9.17, 15) is 4.79 Å². The first-order valence-electron chi connectivity index (χ1n) is 2.15. The molecular formula is C5H6O. The smallest absolute Gasteiger partial charge is 0.142 e. The van der Waals surface area contributed by atoms with E-state index in [4.69, 9.17) is 1.37 Å². The quantitative estimate of drug-likeness (QED) is 0.276. The van der Waals surface area contributed by atoms with Crippen molar-refractivity contribution < 1.29 is 6.17 Å². The Hall–Kier alpha value is -0.850. The van der Waals surface area contributed by atoms with E-state index in [2.05, 4.69) is 0 Å². The molecule has 0 N–H and O–H groups in total. The van der Waals surface area contributed by atoms with Gasteiger partial charge in [0.2, 0.25) is 0 Å². The maximum absolute atomic E-state index is 9.50. The molecule has 0 atom stereocenters. The topological polar surface area (TPSA) is 17.1 Å². The Morgan fingerprint density at radius 3 is 3.00 bits per heavy atom. The Labute approximate surface area is 38.4 Å². The van der Waals surface area contributed by atoms with Crippen LogP contribution in [-0.2, 0) is 4.79 Å². The molecule has 1 nitrogen and oxygen atoms in total. The Kier molecular flexibility index (Phi) is 2.31. The molecule has 0 spiro atoms. The van der Waals surface area contributed by atoms with Gasteiger partial charge in [-0.15, -0.1) is 0 Å². The van der Waals surface area contributed by atoms with E-state index >= 15 is 0 Å². The SMILES string of the molecule is [2H]/C=C/C=C\C=O. The van der Waals surface area contributed by atoms with Crippen LogP contribution in [0.3, 0.4) is 0 Å². The van der Waals surface area contributed by atoms with Crippen LogP contribution >= 0.6 is 0 Å². The van der Waals surface area contributed by atoms with E-state index in [0.717, 1.165) is 6.55 Å². The summed E-state index contributed by atoms with van der Waals surface area (Å²) < 4.78 is 6.43. The lowest BCUT2D eigenvalue weighted by molar-refractivity contribution is -0.104. The summed E-state index contributed by atoms with van der Waals surface area (Å²) in [5, 5.41) is 0. The van der Waals surface area contributed by atoms with Gasteiger partial charge in [0.1, 0.15) is 6.29 Å². The minimum absolute atomic E-state index is 0.667. The molecule has 0 radical (unpaired) electrons. The van der Waals surface area contributed by atoms with Crippen LogP contribution in [0.25, 0.3) is 0 Å². The van der Waals surface area contributed by atoms with Gasteiger partial charge >= 0.3 is 0 Å². The summed E-state index contributed by atoms with van der Waals surface area (Å²) in [5.41, 5.74) is 0. The molecule has 0 aromatic carbocycles. The van der Waals surface area contributed by atoms with Crippen molar-refractivity contribution in [2.24, 2.45) is 0 Å². The van der Waals surface area contributed by atoms with Crippen molar-refractivity contribution in [1.29, 1.82) is 0 Å². The van der Waals surface area contributed by atoms with Crippen LogP contribution in [0.1, 0.15) is 1.37 Å². The molecule has 0 aliphatic carbocycles. The Morgan fingerprint density at radius 2 is 2.50 bits per heavy atom. The van der Waals surface area contributed by atoms with Crippen LogP contribution in [0.5, 0.6) is 0 Å². The Bertz CT molecular complexity index is 94.3. The van der Waals surface area contributed by atoms with Gasteiger partial charge in [-0.2, -0.15) is 0 Å². The second kappa shape index (κ2) is 4.15. The molecule has 0 aromatic rings. The summed E-state index contributed by atoms with van der Waals surface area (Å²) in [4.78, 5) is 9.50. The number of hydrogen-bond acceptors (Lipinski definition) is 1. The first-order chi connectivity index (χ1) is 3.41. The second-order valence-corrected chi connectivity index (χ2v) is 0.713. The highest BCUT2D eigenvalue weighted by molar-refractivity contribution is 5.65. The highest BCUT2D eigenvalue weighted by atomic mass is 16.1. The van der Waals surface area contributed by atoms with Gasteiger partial charge < -0.3 is 0 Å². The third-order valence-corrected chi connectivity index (χ3v) is 0.301. The van der Waals surface area contributed by atoms with Crippen molar-refractivity contribution in [3.63, 3.8) is 0 Å². The minimum Gasteiger partial charge on any atom is -0.299 e. The average molecular weight is 83.1 g/mol. The molecule has 0 fully saturated rings. The van der Waals surface area contributed by atoms with Crippen molar-refractivity contribution in [2.75, 3.05) is 0 Å². The number of allylic oxidation sites excluding steroid dienone is 3. The Morgan fingerprint density at radius 1 is 1.67 bits per heavy atom. The van der Waals surface area contributed by atoms with Gasteiger partial charge in [0.05, 0.1) is 1.37 Å². The molecule has 0 saturated carbocycles. The average Bonchev–Trinajstić information content (AvgIpc) is 1.69. The molecule has 0 bridgehead atoms. The number of carbonyl (C=O) groups is 1. The van der Waals surface area contributed by atoms with Crippen molar-refractivity contribution in [3.05, 3.63) is 24.8 Å². The van der Waals surface area contributed by atoms with Crippen LogP contribution in [0, 0.1) is 0 Å². The second-order valence-electron chi connectivity index (χ2n) is 0.713. The van der Waals surface area contributed by atoms with Gasteiger partial charge in [-0.25, -0.2) is 0 Å². The lowest BCUT2D eigenvalue weighted by Gasteiger charge is -1.56. The number of rotatable bonds is 2. The predicted octanol–water partition coefficient (Wildman–Crippen LogP) is 0.927. The molecule has 6 heavy (non-hydrogen) atoms. The molecule has 0 amide bonds. The van der Waals surface area contributed by atoms with Gasteiger partial charge in [0.25, 0.3) is 0 Å². The third-order valence-electron chi connectivity index (χ3n) is 0.301. The number of carbonyl (C=O) groups excluding carboxylic acids is 1. The van der Waals surface area contributed by atoms with Crippen molar-refractivity contribution in [1.82, 2.24) is 0 Å². The van der Waals surface area contributed by atoms with E-state index in [-0.39, 0.29) is 0 Å². The zero-order valence-electron chi connectivity index (χ0n) is 4.29. The molecule has 0 unspecified atom stereocenters. The van der Waals surface area contributed by atoms with E-state index in [1.54, 1.807) is 0 Å². The summed E-state index contributed by atoms with van der Waals surface area (Å²) in [6.07, 6.45) is 4.96. The lowest BCUT2D eigenvalue weighted by Crippen LogP contribution is -1.52. The number of aldehydes is 1. The van der Waals surface area contributed by atoms with E-state index < -0.39 is 0 Å². The summed E-state index contributed by atoms with van der Waals surface area (Å²) in [5.74, 6) is 0. The Balaban J connectivity index is 3.27. The first-order valence-corrected chi connectivity index (χ1v) is 1.57. The molecule has 0 aromatic heterocycles. The van der Waals surface area contributed by atoms with Gasteiger partial charge in [-0.1, -0.05) is 18.7 Å². The fourth-order valence-electron chi connectivity index (χ4n) is 0.110. The highest BCUT2D eigenvalue weighted by Gasteiger charge is 1.52. The minimum atomic E-state index is 0.667. The zero-order valence-corrected chi connectivity index (χ0v) is 3.29. The highest BCUT2D eigenvalue weighted by Crippen LogP contribution is 1.63. The molecule has 0 heterocycles. The van der Waals surface area contributed by atoms with Crippen LogP contribution in [-0.4, -0.2) is 6.29 Å². The van der Waals surface area contributed by atoms with E-state index in [1.165, 1.54) is 18.2 Å². The predicted molar refractivity (Wildman–Crippen MR) is 25.4 cm³/mol. The molecule has 1 heteroatoms. The fourth-order valence-corrected chi connectivity index (χ4v) is 0.110. The van der Waals surface area contributed by atoms with Crippen LogP contribution in [0.15, 0.2) is 24.8 Å². The zero-order chi connectivity index (χ0) is 5.54. The van der Waals surface area contributed by atoms with Gasteiger partial charge in [-0.05, 0) is 6.08 Å². The molecule has 0 rings (SSSR count). The number of hydrogen-bond donors (Lipinski definition) is 0. The summed E-state index contributed by atoms with van der Waals surface area (Å²) in [6.45, 7) is 1.11. The molecule has 0 aliphatic heterocycles. The third kappa shape index (κ3) is 3.15. The van der Waals surface area contributed by atoms with Crippen molar-refractivity contribution in [3.8, 4) is 0 Å². The summed E-state index contributed by atoms with van der Waals surface area (Å²) in [6, 6.07) is 0.